The van der Waals surface area contributed by atoms with Crippen molar-refractivity contribution < 1.29 is 9.84 Å². The summed E-state index contributed by atoms with van der Waals surface area (Å²) in [4.78, 5) is 4.27. The van der Waals surface area contributed by atoms with Gasteiger partial charge in [0, 0.05) is 41.0 Å². The number of rotatable bonds is 3. The van der Waals surface area contributed by atoms with Gasteiger partial charge in [0.1, 0.15) is 11.9 Å². The average Bonchev–Trinajstić information content (AvgIpc) is 3.01. The number of hydrogen-bond acceptors (Lipinski definition) is 6. The number of fused-ring (bicyclic) bond motifs is 3. The summed E-state index contributed by atoms with van der Waals surface area (Å²) in [7, 11) is 0. The van der Waals surface area contributed by atoms with E-state index < -0.39 is 0 Å². The zero-order valence-corrected chi connectivity index (χ0v) is 15.2. The summed E-state index contributed by atoms with van der Waals surface area (Å²) < 4.78 is 6.06. The lowest BCUT2D eigenvalue weighted by Gasteiger charge is -2.28. The zero-order valence-electron chi connectivity index (χ0n) is 15.2. The minimum atomic E-state index is 0.177. The highest BCUT2D eigenvalue weighted by Crippen LogP contribution is 2.34. The Balaban J connectivity index is 1.38. The molecule has 1 aromatic carbocycles. The van der Waals surface area contributed by atoms with Gasteiger partial charge in [-0.05, 0) is 62.3 Å². The molecule has 4 heterocycles. The van der Waals surface area contributed by atoms with Gasteiger partial charge < -0.3 is 15.2 Å². The maximum Gasteiger partial charge on any atom is 0.233 e. The number of nitrogens with one attached hydrogen (secondary N) is 1. The number of aryl methyl sites for hydroxylation is 1. The molecule has 0 aliphatic carbocycles. The van der Waals surface area contributed by atoms with Crippen LogP contribution in [0.15, 0.2) is 36.5 Å². The third-order valence-corrected chi connectivity index (χ3v) is 5.71. The lowest BCUT2D eigenvalue weighted by atomic mass is 10.0. The van der Waals surface area contributed by atoms with Crippen molar-refractivity contribution >= 4 is 10.8 Å². The molecule has 5 rings (SSSR count). The Morgan fingerprint density at radius 2 is 1.89 bits per heavy atom. The molecule has 2 aliphatic rings. The summed E-state index contributed by atoms with van der Waals surface area (Å²) in [5.41, 5.74) is 2.17. The normalized spacial score (nSPS) is 24.3. The van der Waals surface area contributed by atoms with Crippen LogP contribution in [-0.4, -0.2) is 38.5 Å². The van der Waals surface area contributed by atoms with Crippen LogP contribution >= 0.6 is 0 Å². The molecule has 0 amide bonds. The number of nitrogens with zero attached hydrogens (tertiary/aromatic N) is 3. The fourth-order valence-corrected chi connectivity index (χ4v) is 4.36. The van der Waals surface area contributed by atoms with Crippen molar-refractivity contribution in [2.75, 3.05) is 0 Å². The zero-order chi connectivity index (χ0) is 18.4. The van der Waals surface area contributed by atoms with Crippen LogP contribution in [0, 0.1) is 6.92 Å². The SMILES string of the molecule is Cc1nccc2cc(-c3ccc(OC4CC5CC[C@@H](C4)N5)nn3)c(O)cc12. The Morgan fingerprint density at radius 1 is 1.07 bits per heavy atom. The van der Waals surface area contributed by atoms with Crippen LogP contribution in [-0.2, 0) is 0 Å². The molecule has 0 radical (unpaired) electrons. The molecule has 27 heavy (non-hydrogen) atoms. The van der Waals surface area contributed by atoms with Crippen molar-refractivity contribution in [3.05, 3.63) is 42.2 Å². The van der Waals surface area contributed by atoms with Gasteiger partial charge >= 0.3 is 0 Å². The Kier molecular flexibility index (Phi) is 3.93. The number of pyridine rings is 1. The molecule has 2 fully saturated rings. The van der Waals surface area contributed by atoms with E-state index in [2.05, 4.69) is 20.5 Å². The van der Waals surface area contributed by atoms with E-state index in [0.717, 1.165) is 29.3 Å². The molecule has 2 aliphatic heterocycles. The monoisotopic (exact) mass is 362 g/mol. The van der Waals surface area contributed by atoms with Crippen LogP contribution in [0.1, 0.15) is 31.4 Å². The second kappa shape index (κ2) is 6.46. The fourth-order valence-electron chi connectivity index (χ4n) is 4.36. The van der Waals surface area contributed by atoms with Crippen molar-refractivity contribution in [3.8, 4) is 22.9 Å². The van der Waals surface area contributed by atoms with Crippen LogP contribution < -0.4 is 10.1 Å². The van der Waals surface area contributed by atoms with Gasteiger partial charge in [-0.3, -0.25) is 4.98 Å². The van der Waals surface area contributed by atoms with Crippen LogP contribution in [0.3, 0.4) is 0 Å². The molecule has 3 aromatic rings. The topological polar surface area (TPSA) is 80.2 Å². The van der Waals surface area contributed by atoms with E-state index in [0.29, 0.717) is 29.2 Å². The molecule has 6 heteroatoms. The van der Waals surface area contributed by atoms with Gasteiger partial charge in [0.05, 0.1) is 5.69 Å². The maximum absolute atomic E-state index is 10.4. The van der Waals surface area contributed by atoms with E-state index in [9.17, 15) is 5.11 Å². The average molecular weight is 362 g/mol. The molecular formula is C21H22N4O2. The third-order valence-electron chi connectivity index (χ3n) is 5.71. The van der Waals surface area contributed by atoms with Crippen molar-refractivity contribution in [2.45, 2.75) is 50.8 Å². The first kappa shape index (κ1) is 16.4. The molecule has 2 N–H and O–H groups in total. The molecule has 2 bridgehead atoms. The Morgan fingerprint density at radius 3 is 2.63 bits per heavy atom. The lowest BCUT2D eigenvalue weighted by molar-refractivity contribution is 0.130. The van der Waals surface area contributed by atoms with Crippen LogP contribution in [0.25, 0.3) is 22.0 Å². The van der Waals surface area contributed by atoms with Crippen LogP contribution in [0.2, 0.25) is 0 Å². The van der Waals surface area contributed by atoms with Gasteiger partial charge in [-0.15, -0.1) is 10.2 Å². The van der Waals surface area contributed by atoms with Gasteiger partial charge in [-0.2, -0.15) is 0 Å². The predicted molar refractivity (Wildman–Crippen MR) is 103 cm³/mol. The minimum Gasteiger partial charge on any atom is -0.507 e. The fraction of sp³-hybridized carbons (Fsp3) is 0.381. The number of benzene rings is 1. The molecule has 138 valence electrons. The van der Waals surface area contributed by atoms with E-state index >= 15 is 0 Å². The second-order valence-electron chi connectivity index (χ2n) is 7.59. The largest absolute Gasteiger partial charge is 0.507 e. The summed E-state index contributed by atoms with van der Waals surface area (Å²) >= 11 is 0. The Bertz CT molecular complexity index is 977. The van der Waals surface area contributed by atoms with Crippen molar-refractivity contribution in [1.82, 2.24) is 20.5 Å². The Labute approximate surface area is 157 Å². The number of phenols is 1. The van der Waals surface area contributed by atoms with Crippen LogP contribution in [0.4, 0.5) is 0 Å². The molecule has 6 nitrogen and oxygen atoms in total. The maximum atomic E-state index is 10.4. The number of ether oxygens (including phenoxy) is 1. The van der Waals surface area contributed by atoms with E-state index in [-0.39, 0.29) is 11.9 Å². The van der Waals surface area contributed by atoms with Gasteiger partial charge in [-0.25, -0.2) is 0 Å². The summed E-state index contributed by atoms with van der Waals surface area (Å²) in [5.74, 6) is 0.724. The number of hydrogen-bond donors (Lipinski definition) is 2. The summed E-state index contributed by atoms with van der Waals surface area (Å²) in [6, 6.07) is 10.4. The first-order valence-electron chi connectivity index (χ1n) is 9.51. The molecule has 2 saturated heterocycles. The lowest BCUT2D eigenvalue weighted by Crippen LogP contribution is -2.42. The molecular weight excluding hydrogens is 340 g/mol. The minimum absolute atomic E-state index is 0.177. The van der Waals surface area contributed by atoms with Crippen molar-refractivity contribution in [1.29, 1.82) is 0 Å². The summed E-state index contributed by atoms with van der Waals surface area (Å²) in [6.45, 7) is 1.93. The van der Waals surface area contributed by atoms with E-state index in [1.807, 2.05) is 31.2 Å². The standard InChI is InChI=1S/C21H22N4O2/c1-12-17-11-20(26)18(8-13(17)6-7-22-12)19-4-5-21(25-24-19)27-16-9-14-2-3-15(10-16)23-14/h4-8,11,14-16,23,26H,2-3,9-10H2,1H3/t14-,15?,16?/m0/s1. The van der Waals surface area contributed by atoms with Crippen LogP contribution in [0.5, 0.6) is 11.6 Å². The van der Waals surface area contributed by atoms with E-state index in [4.69, 9.17) is 4.74 Å². The van der Waals surface area contributed by atoms with Gasteiger partial charge in [0.25, 0.3) is 0 Å². The number of piperidine rings is 1. The molecule has 3 atom stereocenters. The van der Waals surface area contributed by atoms with E-state index in [1.54, 1.807) is 12.3 Å². The predicted octanol–water partition coefficient (Wildman–Crippen LogP) is 3.37. The Hall–Kier alpha value is -2.73. The van der Waals surface area contributed by atoms with Crippen molar-refractivity contribution in [2.24, 2.45) is 0 Å². The smallest absolute Gasteiger partial charge is 0.233 e. The van der Waals surface area contributed by atoms with Gasteiger partial charge in [0.2, 0.25) is 5.88 Å². The molecule has 0 saturated carbocycles. The first-order valence-corrected chi connectivity index (χ1v) is 9.51. The van der Waals surface area contributed by atoms with Crippen molar-refractivity contribution in [3.63, 3.8) is 0 Å². The second-order valence-corrected chi connectivity index (χ2v) is 7.59. The number of aromatic nitrogens is 3. The van der Waals surface area contributed by atoms with Gasteiger partial charge in [-0.1, -0.05) is 0 Å². The quantitative estimate of drug-likeness (QED) is 0.744. The highest BCUT2D eigenvalue weighted by molar-refractivity contribution is 5.91. The third kappa shape index (κ3) is 3.10. The molecule has 2 unspecified atom stereocenters. The summed E-state index contributed by atoms with van der Waals surface area (Å²) in [5, 5.41) is 24.5. The van der Waals surface area contributed by atoms with Gasteiger partial charge in [0.15, 0.2) is 0 Å². The molecule has 2 aromatic heterocycles. The summed E-state index contributed by atoms with van der Waals surface area (Å²) in [6.07, 6.45) is 6.51. The molecule has 0 spiro atoms. The highest BCUT2D eigenvalue weighted by Gasteiger charge is 2.34. The number of aromatic hydroxyl groups is 1. The van der Waals surface area contributed by atoms with E-state index in [1.165, 1.54) is 12.8 Å². The first-order chi connectivity index (χ1) is 13.2. The number of phenolic OH excluding ortho intramolecular Hbond substituents is 1. The highest BCUT2D eigenvalue weighted by atomic mass is 16.5.